The number of pyridine rings is 1. The molecule has 0 radical (unpaired) electrons. The molecule has 1 heterocycles. The Morgan fingerprint density at radius 2 is 1.65 bits per heavy atom. The summed E-state index contributed by atoms with van der Waals surface area (Å²) in [6, 6.07) is 15.0. The van der Waals surface area contributed by atoms with Crippen molar-refractivity contribution >= 4 is 16.7 Å². The number of fused-ring (bicyclic) bond motifs is 1. The molecule has 0 saturated carbocycles. The van der Waals surface area contributed by atoms with Gasteiger partial charge in [0.25, 0.3) is 0 Å². The maximum absolute atomic E-state index is 11.7. The van der Waals surface area contributed by atoms with Crippen LogP contribution in [0, 0.1) is 0 Å². The number of benzene rings is 2. The van der Waals surface area contributed by atoms with Crippen LogP contribution in [0.2, 0.25) is 0 Å². The van der Waals surface area contributed by atoms with Gasteiger partial charge in [-0.15, -0.1) is 0 Å². The second-order valence-corrected chi connectivity index (χ2v) is 6.41. The highest BCUT2D eigenvalue weighted by Gasteiger charge is 2.10. The first kappa shape index (κ1) is 18.1. The van der Waals surface area contributed by atoms with E-state index in [9.17, 15) is 4.79 Å². The van der Waals surface area contributed by atoms with Gasteiger partial charge in [0.05, 0.1) is 6.61 Å². The number of hydrogen-bond acceptors (Lipinski definition) is 3. The fourth-order valence-electron chi connectivity index (χ4n) is 3.42. The molecule has 3 nitrogen and oxygen atoms in total. The lowest BCUT2D eigenvalue weighted by molar-refractivity contribution is -0.143. The van der Waals surface area contributed by atoms with Gasteiger partial charge in [0.15, 0.2) is 0 Å². The molecule has 0 atom stereocenters. The Bertz CT molecular complexity index is 902. The van der Waals surface area contributed by atoms with Crippen molar-refractivity contribution in [3.05, 3.63) is 77.1 Å². The summed E-state index contributed by atoms with van der Waals surface area (Å²) in [5, 5.41) is 2.62. The molecule has 0 saturated heterocycles. The molecule has 0 spiro atoms. The largest absolute Gasteiger partial charge is 0.466 e. The zero-order valence-electron chi connectivity index (χ0n) is 15.5. The minimum atomic E-state index is -0.145. The molecule has 0 N–H and O–H groups in total. The first-order chi connectivity index (χ1) is 12.7. The molecule has 134 valence electrons. The van der Waals surface area contributed by atoms with Crippen LogP contribution >= 0.6 is 0 Å². The van der Waals surface area contributed by atoms with Gasteiger partial charge in [-0.25, -0.2) is 0 Å². The van der Waals surface area contributed by atoms with Crippen molar-refractivity contribution in [1.29, 1.82) is 0 Å². The fourth-order valence-corrected chi connectivity index (χ4v) is 3.42. The summed E-state index contributed by atoms with van der Waals surface area (Å²) >= 11 is 0. The van der Waals surface area contributed by atoms with Crippen LogP contribution in [0.1, 0.15) is 42.5 Å². The van der Waals surface area contributed by atoms with Gasteiger partial charge in [-0.3, -0.25) is 9.78 Å². The van der Waals surface area contributed by atoms with E-state index in [0.717, 1.165) is 18.4 Å². The number of aryl methyl sites for hydroxylation is 2. The summed E-state index contributed by atoms with van der Waals surface area (Å²) in [5.41, 5.74) is 5.00. The van der Waals surface area contributed by atoms with E-state index in [1.54, 1.807) is 6.20 Å². The average Bonchev–Trinajstić information content (AvgIpc) is 2.68. The van der Waals surface area contributed by atoms with E-state index < -0.39 is 0 Å². The highest BCUT2D eigenvalue weighted by atomic mass is 16.5. The minimum Gasteiger partial charge on any atom is -0.466 e. The Hall–Kier alpha value is -2.68. The van der Waals surface area contributed by atoms with Crippen molar-refractivity contribution in [3.63, 3.8) is 0 Å². The van der Waals surface area contributed by atoms with Crippen molar-refractivity contribution in [2.75, 3.05) is 6.61 Å². The smallest absolute Gasteiger partial charge is 0.306 e. The van der Waals surface area contributed by atoms with Crippen LogP contribution < -0.4 is 0 Å². The Labute approximate surface area is 155 Å². The molecular formula is C23H25NO2. The van der Waals surface area contributed by atoms with E-state index in [4.69, 9.17) is 4.74 Å². The molecule has 3 heteroatoms. The quantitative estimate of drug-likeness (QED) is 0.572. The van der Waals surface area contributed by atoms with Gasteiger partial charge >= 0.3 is 5.97 Å². The Morgan fingerprint density at radius 3 is 2.38 bits per heavy atom. The van der Waals surface area contributed by atoms with Crippen molar-refractivity contribution in [2.45, 2.75) is 39.5 Å². The van der Waals surface area contributed by atoms with Crippen molar-refractivity contribution in [1.82, 2.24) is 4.98 Å². The van der Waals surface area contributed by atoms with Gasteiger partial charge in [-0.05, 0) is 65.3 Å². The van der Waals surface area contributed by atoms with Gasteiger partial charge in [-0.2, -0.15) is 0 Å². The van der Waals surface area contributed by atoms with Crippen LogP contribution in [0.5, 0.6) is 0 Å². The van der Waals surface area contributed by atoms with Crippen molar-refractivity contribution < 1.29 is 9.53 Å². The Balaban J connectivity index is 1.88. The zero-order valence-corrected chi connectivity index (χ0v) is 15.5. The highest BCUT2D eigenvalue weighted by Crippen LogP contribution is 2.26. The van der Waals surface area contributed by atoms with E-state index in [1.807, 2.05) is 19.2 Å². The van der Waals surface area contributed by atoms with E-state index in [1.165, 1.54) is 27.5 Å². The second kappa shape index (κ2) is 8.61. The van der Waals surface area contributed by atoms with E-state index in [2.05, 4.69) is 48.3 Å². The molecule has 0 unspecified atom stereocenters. The van der Waals surface area contributed by atoms with Gasteiger partial charge in [0.2, 0.25) is 0 Å². The molecule has 3 aromatic rings. The summed E-state index contributed by atoms with van der Waals surface area (Å²) in [6.07, 6.45) is 6.64. The lowest BCUT2D eigenvalue weighted by Gasteiger charge is -2.13. The normalized spacial score (nSPS) is 10.8. The Kier molecular flexibility index (Phi) is 6.00. The SMILES string of the molecule is CCOC(=O)CCc1ccncc1Cc1ccc(CC)c2ccccc12. The summed E-state index contributed by atoms with van der Waals surface area (Å²) in [6.45, 7) is 4.45. The van der Waals surface area contributed by atoms with Gasteiger partial charge in [-0.1, -0.05) is 43.3 Å². The van der Waals surface area contributed by atoms with Gasteiger partial charge < -0.3 is 4.74 Å². The first-order valence-electron chi connectivity index (χ1n) is 9.29. The third-order valence-electron chi connectivity index (χ3n) is 4.77. The monoisotopic (exact) mass is 347 g/mol. The third kappa shape index (κ3) is 4.10. The van der Waals surface area contributed by atoms with Gasteiger partial charge in [0.1, 0.15) is 0 Å². The van der Waals surface area contributed by atoms with E-state index >= 15 is 0 Å². The number of aromatic nitrogens is 1. The molecule has 0 fully saturated rings. The molecule has 0 aliphatic carbocycles. The number of carbonyl (C=O) groups excluding carboxylic acids is 1. The fraction of sp³-hybridized carbons (Fsp3) is 0.304. The highest BCUT2D eigenvalue weighted by molar-refractivity contribution is 5.89. The first-order valence-corrected chi connectivity index (χ1v) is 9.29. The number of rotatable bonds is 7. The van der Waals surface area contributed by atoms with Crippen LogP contribution in [0.15, 0.2) is 54.9 Å². The molecule has 0 aliphatic rings. The van der Waals surface area contributed by atoms with Crippen LogP contribution in [0.4, 0.5) is 0 Å². The number of hydrogen-bond donors (Lipinski definition) is 0. The second-order valence-electron chi connectivity index (χ2n) is 6.41. The number of esters is 1. The van der Waals surface area contributed by atoms with Crippen molar-refractivity contribution in [3.8, 4) is 0 Å². The molecule has 26 heavy (non-hydrogen) atoms. The number of nitrogens with zero attached hydrogens (tertiary/aromatic N) is 1. The van der Waals surface area contributed by atoms with Crippen LogP contribution in [-0.4, -0.2) is 17.6 Å². The zero-order chi connectivity index (χ0) is 18.4. The predicted molar refractivity (Wildman–Crippen MR) is 105 cm³/mol. The number of carbonyl (C=O) groups is 1. The maximum Gasteiger partial charge on any atom is 0.306 e. The molecule has 0 amide bonds. The van der Waals surface area contributed by atoms with Crippen LogP contribution in [-0.2, 0) is 28.8 Å². The third-order valence-corrected chi connectivity index (χ3v) is 4.77. The molecule has 2 aromatic carbocycles. The molecule has 0 aliphatic heterocycles. The lowest BCUT2D eigenvalue weighted by Crippen LogP contribution is -2.07. The van der Waals surface area contributed by atoms with Crippen molar-refractivity contribution in [2.24, 2.45) is 0 Å². The van der Waals surface area contributed by atoms with Crippen LogP contribution in [0.3, 0.4) is 0 Å². The van der Waals surface area contributed by atoms with E-state index in [-0.39, 0.29) is 5.97 Å². The van der Waals surface area contributed by atoms with Gasteiger partial charge in [0, 0.05) is 18.8 Å². The number of ether oxygens (including phenoxy) is 1. The lowest BCUT2D eigenvalue weighted by atomic mass is 9.93. The topological polar surface area (TPSA) is 39.2 Å². The molecule has 1 aromatic heterocycles. The summed E-state index contributed by atoms with van der Waals surface area (Å²) in [7, 11) is 0. The average molecular weight is 347 g/mol. The summed E-state index contributed by atoms with van der Waals surface area (Å²) in [5.74, 6) is -0.145. The van der Waals surface area contributed by atoms with Crippen LogP contribution in [0.25, 0.3) is 10.8 Å². The molecule has 0 bridgehead atoms. The summed E-state index contributed by atoms with van der Waals surface area (Å²) in [4.78, 5) is 16.0. The molecule has 3 rings (SSSR count). The molecular weight excluding hydrogens is 322 g/mol. The standard InChI is InChI=1S/C23H25NO2/c1-3-17-9-10-19(22-8-6-5-7-21(17)22)15-20-16-24-14-13-18(20)11-12-23(25)26-4-2/h5-10,13-14,16H,3-4,11-12,15H2,1-2H3. The Morgan fingerprint density at radius 1 is 0.923 bits per heavy atom. The maximum atomic E-state index is 11.7. The summed E-state index contributed by atoms with van der Waals surface area (Å²) < 4.78 is 5.05. The van der Waals surface area contributed by atoms with E-state index in [0.29, 0.717) is 19.4 Å². The minimum absolute atomic E-state index is 0.145. The predicted octanol–water partition coefficient (Wildman–Crippen LogP) is 4.88.